The Balaban J connectivity index is 1.22. The largest absolute Gasteiger partial charge is 0.458 e. The Kier molecular flexibility index (Phi) is 15.5. The van der Waals surface area contributed by atoms with Crippen LogP contribution in [0.25, 0.3) is 0 Å². The monoisotopic (exact) mass is 786 g/mol. The molecule has 6 unspecified atom stereocenters. The molecular weight excluding hydrogens is 714 g/mol. The van der Waals surface area contributed by atoms with Gasteiger partial charge in [-0.25, -0.2) is 0 Å². The zero-order valence-electron chi connectivity index (χ0n) is 35.5. The van der Waals surface area contributed by atoms with Crippen LogP contribution >= 0.6 is 0 Å². The van der Waals surface area contributed by atoms with Gasteiger partial charge in [0.25, 0.3) is 0 Å². The number of ketones is 1. The van der Waals surface area contributed by atoms with E-state index in [1.165, 1.54) is 0 Å². The fourth-order valence-electron chi connectivity index (χ4n) is 10.7. The Morgan fingerprint density at radius 1 is 0.857 bits per heavy atom. The van der Waals surface area contributed by atoms with E-state index in [0.717, 1.165) is 44.1 Å². The first-order chi connectivity index (χ1) is 27.0. The molecule has 6 aliphatic rings. The average Bonchev–Trinajstić information content (AvgIpc) is 3.74. The van der Waals surface area contributed by atoms with Gasteiger partial charge in [-0.05, 0) is 128 Å². The summed E-state index contributed by atoms with van der Waals surface area (Å²) < 4.78 is 50.8. The molecule has 0 bridgehead atoms. The highest BCUT2D eigenvalue weighted by molar-refractivity contribution is 5.99. The first-order valence-corrected chi connectivity index (χ1v) is 21.8. The molecule has 11 nitrogen and oxygen atoms in total. The Bertz CT molecular complexity index is 1400. The number of hydrogen-bond donors (Lipinski definition) is 0. The van der Waals surface area contributed by atoms with E-state index in [4.69, 9.17) is 37.9 Å². The van der Waals surface area contributed by atoms with Crippen molar-refractivity contribution in [2.24, 2.45) is 35.5 Å². The van der Waals surface area contributed by atoms with Crippen LogP contribution in [0.4, 0.5) is 0 Å². The second-order valence-electron chi connectivity index (χ2n) is 17.3. The summed E-state index contributed by atoms with van der Waals surface area (Å²) >= 11 is 0. The molecule has 0 spiro atoms. The molecule has 0 aromatic heterocycles. The maximum Gasteiger partial charge on any atom is 0.307 e. The van der Waals surface area contributed by atoms with E-state index in [9.17, 15) is 9.59 Å². The molecule has 11 heteroatoms. The second kappa shape index (κ2) is 19.9. The summed E-state index contributed by atoms with van der Waals surface area (Å²) in [5, 5.41) is 0. The molecule has 4 fully saturated rings. The number of hydrogen-bond acceptors (Lipinski definition) is 11. The molecule has 3 saturated heterocycles. The van der Waals surface area contributed by atoms with Gasteiger partial charge in [0.05, 0.1) is 30.8 Å². The van der Waals surface area contributed by atoms with Crippen LogP contribution in [0.2, 0.25) is 0 Å². The smallest absolute Gasteiger partial charge is 0.307 e. The van der Waals surface area contributed by atoms with Crippen molar-refractivity contribution in [1.29, 1.82) is 0 Å². The fraction of sp³-hybridized carbons (Fsp3) is 0.822. The van der Waals surface area contributed by atoms with Crippen LogP contribution < -0.4 is 0 Å². The predicted octanol–water partition coefficient (Wildman–Crippen LogP) is 6.82. The van der Waals surface area contributed by atoms with Gasteiger partial charge in [-0.1, -0.05) is 38.2 Å². The summed E-state index contributed by atoms with van der Waals surface area (Å²) in [6.07, 6.45) is 14.7. The molecule has 0 aromatic rings. The highest BCUT2D eigenvalue weighted by Crippen LogP contribution is 2.54. The quantitative estimate of drug-likeness (QED) is 0.154. The van der Waals surface area contributed by atoms with Crippen LogP contribution in [0.15, 0.2) is 36.0 Å². The van der Waals surface area contributed by atoms with Gasteiger partial charge in [0.1, 0.15) is 24.4 Å². The molecule has 3 aliphatic heterocycles. The van der Waals surface area contributed by atoms with Crippen LogP contribution in [-0.2, 0) is 47.5 Å². The molecule has 0 N–H and O–H groups in total. The summed E-state index contributed by atoms with van der Waals surface area (Å²) in [6.45, 7) is 13.3. The number of nitrogens with zero attached hydrogens (tertiary/aromatic N) is 1. The van der Waals surface area contributed by atoms with E-state index in [1.807, 2.05) is 33.8 Å². The van der Waals surface area contributed by atoms with Gasteiger partial charge in [-0.2, -0.15) is 0 Å². The molecule has 0 radical (unpaired) electrons. The lowest BCUT2D eigenvalue weighted by Crippen LogP contribution is -2.60. The summed E-state index contributed by atoms with van der Waals surface area (Å²) in [7, 11) is 5.86. The van der Waals surface area contributed by atoms with Crippen molar-refractivity contribution >= 4 is 11.8 Å². The van der Waals surface area contributed by atoms with Crippen molar-refractivity contribution in [2.45, 2.75) is 167 Å². The predicted molar refractivity (Wildman–Crippen MR) is 213 cm³/mol. The standard InChI is InChI=1S/C45H71NO10/c1-10-13-15-30-16-14-17-38(56-40-21-20-37(46(7)8)27(5)52-40)26(4)41(48)36-24-34-32(35(36)25-39(47)54-30)19-18-29-22-31(23-33(29)34)55-45-44(49-9)43(51-12-3)42(50-11-2)28(6)53-45/h13,15,18-19,24,26-35,37-38,40,42-45H,10-12,14,16-17,20-23,25H2,1-9H3/b15-13+/t26-,27-,28+,29?,30+,31-,32?,33?,34?,35?,37+,38+,40?,42+,43-,44-,45+/m1/s1. The van der Waals surface area contributed by atoms with Gasteiger partial charge in [0.2, 0.25) is 0 Å². The number of fused-ring (bicyclic) bond motifs is 5. The number of carbonyl (C=O) groups excluding carboxylic acids is 2. The first kappa shape index (κ1) is 43.6. The van der Waals surface area contributed by atoms with Crippen molar-refractivity contribution in [3.05, 3.63) is 36.0 Å². The van der Waals surface area contributed by atoms with Gasteiger partial charge in [0.15, 0.2) is 18.4 Å². The molecule has 6 rings (SSSR count). The van der Waals surface area contributed by atoms with Crippen LogP contribution in [0.1, 0.15) is 99.3 Å². The molecule has 17 atom stereocenters. The van der Waals surface area contributed by atoms with E-state index >= 15 is 0 Å². The number of Topliss-reactive ketones (excluding diaryl/α,β-unsaturated/α-hetero) is 1. The molecule has 0 aromatic carbocycles. The number of methoxy groups -OCH3 is 1. The SMILES string of the molecule is CC/C=C/[C@H]1CCC[C@H](OC2CC[C@H](N(C)C)[C@@H](C)O2)[C@@H](C)C(=O)C2=CC3C(C=CC4C[C@@H](O[C@@H]5O[C@@H](C)[C@H](OCC)[C@@H](OCC)[C@H]5OC)CC43)C2CC(=O)O1. The van der Waals surface area contributed by atoms with Gasteiger partial charge in [-0.15, -0.1) is 0 Å². The number of likely N-dealkylation sites (N-methyl/N-ethyl adjacent to an activating group) is 1. The lowest BCUT2D eigenvalue weighted by molar-refractivity contribution is -0.319. The minimum Gasteiger partial charge on any atom is -0.458 e. The van der Waals surface area contributed by atoms with Crippen LogP contribution in [0, 0.1) is 35.5 Å². The summed E-state index contributed by atoms with van der Waals surface area (Å²) in [6, 6.07) is 0.330. The Hall–Kier alpha value is -1.96. The number of esters is 1. The first-order valence-electron chi connectivity index (χ1n) is 21.8. The van der Waals surface area contributed by atoms with Crippen molar-refractivity contribution in [1.82, 2.24) is 4.90 Å². The lowest BCUT2D eigenvalue weighted by atomic mass is 9.70. The molecule has 316 valence electrons. The molecule has 1 saturated carbocycles. The van der Waals surface area contributed by atoms with Crippen molar-refractivity contribution < 1.29 is 47.5 Å². The fourth-order valence-corrected chi connectivity index (χ4v) is 10.7. The summed E-state index contributed by atoms with van der Waals surface area (Å²) in [5.41, 5.74) is 0.755. The summed E-state index contributed by atoms with van der Waals surface area (Å²) in [4.78, 5) is 30.7. The van der Waals surface area contributed by atoms with E-state index in [-0.39, 0.29) is 103 Å². The van der Waals surface area contributed by atoms with Gasteiger partial charge in [-0.3, -0.25) is 9.59 Å². The Morgan fingerprint density at radius 2 is 1.62 bits per heavy atom. The lowest BCUT2D eigenvalue weighted by Gasteiger charge is -2.45. The van der Waals surface area contributed by atoms with E-state index in [1.54, 1.807) is 7.11 Å². The maximum absolute atomic E-state index is 14.8. The average molecular weight is 786 g/mol. The third kappa shape index (κ3) is 9.73. The highest BCUT2D eigenvalue weighted by Gasteiger charge is 2.53. The van der Waals surface area contributed by atoms with E-state index < -0.39 is 12.4 Å². The Labute approximate surface area is 336 Å². The third-order valence-electron chi connectivity index (χ3n) is 13.5. The van der Waals surface area contributed by atoms with Crippen molar-refractivity contribution in [2.75, 3.05) is 34.4 Å². The van der Waals surface area contributed by atoms with Gasteiger partial charge >= 0.3 is 5.97 Å². The number of allylic oxidation sites excluding steroid dienone is 5. The molecule has 3 heterocycles. The third-order valence-corrected chi connectivity index (χ3v) is 13.5. The summed E-state index contributed by atoms with van der Waals surface area (Å²) in [5.74, 6) is -0.124. The van der Waals surface area contributed by atoms with Crippen molar-refractivity contribution in [3.63, 3.8) is 0 Å². The number of rotatable bonds is 12. The maximum atomic E-state index is 14.8. The number of carbonyl (C=O) groups is 2. The Morgan fingerprint density at radius 3 is 2.32 bits per heavy atom. The second-order valence-corrected chi connectivity index (χ2v) is 17.3. The van der Waals surface area contributed by atoms with Crippen LogP contribution in [0.3, 0.4) is 0 Å². The normalized spacial score (nSPS) is 43.5. The van der Waals surface area contributed by atoms with E-state index in [0.29, 0.717) is 32.1 Å². The van der Waals surface area contributed by atoms with Crippen LogP contribution in [-0.4, -0.2) is 119 Å². The minimum absolute atomic E-state index is 0.0260. The zero-order valence-corrected chi connectivity index (χ0v) is 35.5. The topological polar surface area (TPSA) is 111 Å². The number of cyclic esters (lactones) is 1. The molecular formula is C45H71NO10. The number of ether oxygens (including phenoxy) is 8. The molecule has 56 heavy (non-hydrogen) atoms. The highest BCUT2D eigenvalue weighted by atomic mass is 16.7. The minimum atomic E-state index is -0.598. The zero-order chi connectivity index (χ0) is 40.1. The molecule has 3 aliphatic carbocycles. The molecule has 0 amide bonds. The van der Waals surface area contributed by atoms with E-state index in [2.05, 4.69) is 57.1 Å². The van der Waals surface area contributed by atoms with Crippen LogP contribution in [0.5, 0.6) is 0 Å². The van der Waals surface area contributed by atoms with Gasteiger partial charge < -0.3 is 42.8 Å². The van der Waals surface area contributed by atoms with Gasteiger partial charge in [0, 0.05) is 38.2 Å². The van der Waals surface area contributed by atoms with Crippen molar-refractivity contribution in [3.8, 4) is 0 Å².